The van der Waals surface area contributed by atoms with Crippen LogP contribution in [0.1, 0.15) is 43.1 Å². The van der Waals surface area contributed by atoms with Crippen molar-refractivity contribution in [2.75, 3.05) is 6.61 Å². The molecule has 0 aromatic heterocycles. The number of ether oxygens (including phenoxy) is 1. The van der Waals surface area contributed by atoms with Gasteiger partial charge in [-0.05, 0) is 41.2 Å². The van der Waals surface area contributed by atoms with Gasteiger partial charge in [0.25, 0.3) is 0 Å². The molecule has 0 atom stereocenters. The van der Waals surface area contributed by atoms with E-state index in [4.69, 9.17) is 4.74 Å². The standard InChI is InChI=1S/C28H32N2O3/c1-21(2)17-18-33-25-15-13-24(14-16-25)28(29-26(31)19-22-9-5-3-6-10-22)30-27(32)20-23-11-7-4-8-12-23/h3-16,21,28H,17-20H2,1-2H3,(H,29,31)(H,30,32). The fourth-order valence-corrected chi connectivity index (χ4v) is 3.36. The lowest BCUT2D eigenvalue weighted by Crippen LogP contribution is -2.42. The molecule has 0 spiro atoms. The number of nitrogens with one attached hydrogen (secondary N) is 2. The predicted octanol–water partition coefficient (Wildman–Crippen LogP) is 4.83. The molecule has 5 nitrogen and oxygen atoms in total. The van der Waals surface area contributed by atoms with Gasteiger partial charge in [-0.1, -0.05) is 86.6 Å². The SMILES string of the molecule is CC(C)CCOc1ccc(C(NC(=O)Cc2ccccc2)NC(=O)Cc2ccccc2)cc1. The Kier molecular flexibility index (Phi) is 9.07. The van der Waals surface area contributed by atoms with Gasteiger partial charge in [0.05, 0.1) is 19.4 Å². The van der Waals surface area contributed by atoms with Gasteiger partial charge in [0.1, 0.15) is 11.9 Å². The Labute approximate surface area is 196 Å². The van der Waals surface area contributed by atoms with Gasteiger partial charge in [-0.15, -0.1) is 0 Å². The number of amides is 2. The fourth-order valence-electron chi connectivity index (χ4n) is 3.36. The van der Waals surface area contributed by atoms with Crippen molar-refractivity contribution in [3.8, 4) is 5.75 Å². The van der Waals surface area contributed by atoms with Gasteiger partial charge < -0.3 is 15.4 Å². The number of carbonyl (C=O) groups excluding carboxylic acids is 2. The number of rotatable bonds is 11. The Morgan fingerprint density at radius 2 is 1.21 bits per heavy atom. The minimum Gasteiger partial charge on any atom is -0.494 e. The molecular formula is C28H32N2O3. The average Bonchev–Trinajstić information content (AvgIpc) is 2.80. The molecule has 0 radical (unpaired) electrons. The monoisotopic (exact) mass is 444 g/mol. The maximum atomic E-state index is 12.7. The highest BCUT2D eigenvalue weighted by atomic mass is 16.5. The molecule has 0 aliphatic heterocycles. The molecule has 172 valence electrons. The quantitative estimate of drug-likeness (QED) is 0.416. The molecule has 0 heterocycles. The summed E-state index contributed by atoms with van der Waals surface area (Å²) in [5.41, 5.74) is 2.62. The molecule has 0 aliphatic carbocycles. The van der Waals surface area contributed by atoms with Crippen LogP contribution in [0.2, 0.25) is 0 Å². The Morgan fingerprint density at radius 3 is 1.67 bits per heavy atom. The lowest BCUT2D eigenvalue weighted by Gasteiger charge is -2.21. The van der Waals surface area contributed by atoms with Crippen molar-refractivity contribution >= 4 is 11.8 Å². The summed E-state index contributed by atoms with van der Waals surface area (Å²) in [6.45, 7) is 4.97. The zero-order valence-electron chi connectivity index (χ0n) is 19.3. The van der Waals surface area contributed by atoms with E-state index in [0.29, 0.717) is 12.5 Å². The summed E-state index contributed by atoms with van der Waals surface area (Å²) < 4.78 is 5.80. The van der Waals surface area contributed by atoms with Crippen LogP contribution in [0.15, 0.2) is 84.9 Å². The smallest absolute Gasteiger partial charge is 0.226 e. The van der Waals surface area contributed by atoms with Crippen molar-refractivity contribution in [3.05, 3.63) is 102 Å². The van der Waals surface area contributed by atoms with Crippen LogP contribution in [0.25, 0.3) is 0 Å². The van der Waals surface area contributed by atoms with E-state index < -0.39 is 6.17 Å². The Bertz CT molecular complexity index is 947. The summed E-state index contributed by atoms with van der Waals surface area (Å²) in [7, 11) is 0. The second-order valence-electron chi connectivity index (χ2n) is 8.49. The van der Waals surface area contributed by atoms with Gasteiger partial charge in [-0.2, -0.15) is 0 Å². The maximum Gasteiger partial charge on any atom is 0.226 e. The number of hydrogen-bond acceptors (Lipinski definition) is 3. The van der Waals surface area contributed by atoms with E-state index in [9.17, 15) is 9.59 Å². The molecule has 0 bridgehead atoms. The lowest BCUT2D eigenvalue weighted by molar-refractivity contribution is -0.123. The van der Waals surface area contributed by atoms with Crippen LogP contribution >= 0.6 is 0 Å². The van der Waals surface area contributed by atoms with E-state index in [0.717, 1.165) is 28.9 Å². The molecule has 0 aliphatic rings. The number of hydrogen-bond donors (Lipinski definition) is 2. The third kappa shape index (κ3) is 8.45. The van der Waals surface area contributed by atoms with Crippen LogP contribution < -0.4 is 15.4 Å². The molecule has 33 heavy (non-hydrogen) atoms. The highest BCUT2D eigenvalue weighted by molar-refractivity contribution is 5.82. The van der Waals surface area contributed by atoms with Gasteiger partial charge in [-0.3, -0.25) is 9.59 Å². The first kappa shape index (κ1) is 24.1. The normalized spacial score (nSPS) is 10.8. The van der Waals surface area contributed by atoms with E-state index in [1.807, 2.05) is 84.9 Å². The van der Waals surface area contributed by atoms with Gasteiger partial charge >= 0.3 is 0 Å². The van der Waals surface area contributed by atoms with Crippen LogP contribution in [0.5, 0.6) is 5.75 Å². The van der Waals surface area contributed by atoms with Crippen molar-refractivity contribution in [1.29, 1.82) is 0 Å². The number of carbonyl (C=O) groups is 2. The molecule has 3 rings (SSSR count). The third-order valence-corrected chi connectivity index (χ3v) is 5.20. The van der Waals surface area contributed by atoms with Gasteiger partial charge in [-0.25, -0.2) is 0 Å². The summed E-state index contributed by atoms with van der Waals surface area (Å²) in [6, 6.07) is 26.6. The summed E-state index contributed by atoms with van der Waals surface area (Å²) in [5, 5.41) is 5.93. The molecule has 0 unspecified atom stereocenters. The highest BCUT2D eigenvalue weighted by Gasteiger charge is 2.18. The Hall–Kier alpha value is -3.60. The first-order valence-corrected chi connectivity index (χ1v) is 11.4. The highest BCUT2D eigenvalue weighted by Crippen LogP contribution is 2.18. The van der Waals surface area contributed by atoms with Gasteiger partial charge in [0.15, 0.2) is 0 Å². The molecule has 2 N–H and O–H groups in total. The van der Waals surface area contributed by atoms with Gasteiger partial charge in [0.2, 0.25) is 11.8 Å². The Balaban J connectivity index is 1.68. The van der Waals surface area contributed by atoms with E-state index in [1.165, 1.54) is 0 Å². The van der Waals surface area contributed by atoms with Crippen molar-refractivity contribution in [2.45, 2.75) is 39.3 Å². The zero-order chi connectivity index (χ0) is 23.5. The van der Waals surface area contributed by atoms with Crippen LogP contribution in [0.4, 0.5) is 0 Å². The second-order valence-corrected chi connectivity index (χ2v) is 8.49. The van der Waals surface area contributed by atoms with Crippen LogP contribution in [0, 0.1) is 5.92 Å². The third-order valence-electron chi connectivity index (χ3n) is 5.20. The molecule has 0 fully saturated rings. The molecule has 5 heteroatoms. The van der Waals surface area contributed by atoms with Gasteiger partial charge in [0, 0.05) is 0 Å². The molecule has 2 amide bonds. The lowest BCUT2D eigenvalue weighted by atomic mass is 10.1. The fraction of sp³-hybridized carbons (Fsp3) is 0.286. The number of benzene rings is 3. The van der Waals surface area contributed by atoms with Crippen LogP contribution in [0.3, 0.4) is 0 Å². The predicted molar refractivity (Wildman–Crippen MR) is 131 cm³/mol. The van der Waals surface area contributed by atoms with E-state index in [-0.39, 0.29) is 24.7 Å². The van der Waals surface area contributed by atoms with Crippen molar-refractivity contribution < 1.29 is 14.3 Å². The molecule has 0 saturated carbocycles. The average molecular weight is 445 g/mol. The summed E-state index contributed by atoms with van der Waals surface area (Å²) in [6.07, 6.45) is 0.821. The molecule has 3 aromatic rings. The molecular weight excluding hydrogens is 412 g/mol. The van der Waals surface area contributed by atoms with Crippen molar-refractivity contribution in [3.63, 3.8) is 0 Å². The largest absolute Gasteiger partial charge is 0.494 e. The maximum absolute atomic E-state index is 12.7. The van der Waals surface area contributed by atoms with Crippen LogP contribution in [-0.4, -0.2) is 18.4 Å². The molecule has 0 saturated heterocycles. The first-order valence-electron chi connectivity index (χ1n) is 11.4. The van der Waals surface area contributed by atoms with E-state index in [2.05, 4.69) is 24.5 Å². The van der Waals surface area contributed by atoms with E-state index in [1.54, 1.807) is 0 Å². The summed E-state index contributed by atoms with van der Waals surface area (Å²) in [5.74, 6) is 1.02. The van der Waals surface area contributed by atoms with Crippen molar-refractivity contribution in [1.82, 2.24) is 10.6 Å². The zero-order valence-corrected chi connectivity index (χ0v) is 19.3. The molecule has 3 aromatic carbocycles. The summed E-state index contributed by atoms with van der Waals surface area (Å²) >= 11 is 0. The minimum atomic E-state index is -0.637. The minimum absolute atomic E-state index is 0.163. The second kappa shape index (κ2) is 12.4. The summed E-state index contributed by atoms with van der Waals surface area (Å²) in [4.78, 5) is 25.4. The Morgan fingerprint density at radius 1 is 0.727 bits per heavy atom. The first-order chi connectivity index (χ1) is 16.0. The van der Waals surface area contributed by atoms with Crippen LogP contribution in [-0.2, 0) is 22.4 Å². The van der Waals surface area contributed by atoms with E-state index >= 15 is 0 Å². The topological polar surface area (TPSA) is 67.4 Å². The van der Waals surface area contributed by atoms with Crippen molar-refractivity contribution in [2.24, 2.45) is 5.92 Å².